The van der Waals surface area contributed by atoms with E-state index in [1.54, 1.807) is 18.5 Å². The third kappa shape index (κ3) is 3.61. The molecular weight excluding hydrogens is 280 g/mol. The van der Waals surface area contributed by atoms with Gasteiger partial charge in [-0.1, -0.05) is 5.16 Å². The first kappa shape index (κ1) is 14.6. The van der Waals surface area contributed by atoms with E-state index in [1.165, 1.54) is 6.26 Å². The van der Waals surface area contributed by atoms with Crippen molar-refractivity contribution in [1.82, 2.24) is 15.1 Å². The summed E-state index contributed by atoms with van der Waals surface area (Å²) in [5.41, 5.74) is 7.59. The number of sulfone groups is 1. The van der Waals surface area contributed by atoms with Crippen LogP contribution in [0, 0.1) is 6.92 Å². The molecule has 2 aromatic rings. The van der Waals surface area contributed by atoms with Gasteiger partial charge in [-0.25, -0.2) is 8.42 Å². The SMILES string of the molecule is Cc1cnccc1-c1noc(C(N)CCS(C)(=O)=O)n1. The summed E-state index contributed by atoms with van der Waals surface area (Å²) in [5, 5.41) is 3.87. The van der Waals surface area contributed by atoms with Crippen molar-refractivity contribution in [2.24, 2.45) is 5.73 Å². The van der Waals surface area contributed by atoms with E-state index in [4.69, 9.17) is 10.3 Å². The van der Waals surface area contributed by atoms with Crippen LogP contribution in [0.15, 0.2) is 23.0 Å². The Bertz CT molecular complexity index is 696. The number of nitrogens with zero attached hydrogens (tertiary/aromatic N) is 3. The predicted octanol–water partition coefficient (Wildman–Crippen LogP) is 0.875. The van der Waals surface area contributed by atoms with E-state index in [0.29, 0.717) is 5.82 Å². The maximum absolute atomic E-state index is 11.1. The number of nitrogens with two attached hydrogens (primary N) is 1. The average molecular weight is 296 g/mol. The van der Waals surface area contributed by atoms with Crippen LogP contribution in [0.25, 0.3) is 11.4 Å². The first-order valence-corrected chi connectivity index (χ1v) is 8.11. The molecule has 2 rings (SSSR count). The Morgan fingerprint density at radius 1 is 1.45 bits per heavy atom. The second-order valence-electron chi connectivity index (χ2n) is 4.67. The molecule has 0 aliphatic rings. The zero-order valence-electron chi connectivity index (χ0n) is 11.3. The summed E-state index contributed by atoms with van der Waals surface area (Å²) in [7, 11) is -3.06. The Labute approximate surface area is 117 Å². The lowest BCUT2D eigenvalue weighted by atomic mass is 10.1. The molecule has 1 unspecified atom stereocenters. The summed E-state index contributed by atoms with van der Waals surface area (Å²) >= 11 is 0. The highest BCUT2D eigenvalue weighted by molar-refractivity contribution is 7.90. The maximum Gasteiger partial charge on any atom is 0.243 e. The molecule has 2 N–H and O–H groups in total. The average Bonchev–Trinajstić information content (AvgIpc) is 2.85. The first-order chi connectivity index (χ1) is 9.37. The van der Waals surface area contributed by atoms with Crippen molar-refractivity contribution in [3.8, 4) is 11.4 Å². The van der Waals surface area contributed by atoms with Crippen LogP contribution >= 0.6 is 0 Å². The molecule has 1 atom stereocenters. The van der Waals surface area contributed by atoms with Crippen molar-refractivity contribution in [1.29, 1.82) is 0 Å². The first-order valence-electron chi connectivity index (χ1n) is 6.05. The molecule has 0 aromatic carbocycles. The Kier molecular flexibility index (Phi) is 4.15. The molecule has 0 amide bonds. The minimum absolute atomic E-state index is 0.0137. The van der Waals surface area contributed by atoms with Gasteiger partial charge in [0, 0.05) is 24.2 Å². The second kappa shape index (κ2) is 5.68. The fourth-order valence-electron chi connectivity index (χ4n) is 1.68. The minimum Gasteiger partial charge on any atom is -0.337 e. The van der Waals surface area contributed by atoms with Gasteiger partial charge < -0.3 is 10.3 Å². The Balaban J connectivity index is 2.15. The fourth-order valence-corrected chi connectivity index (χ4v) is 2.37. The molecular formula is C12H16N4O3S. The molecule has 2 heterocycles. The van der Waals surface area contributed by atoms with Gasteiger partial charge >= 0.3 is 0 Å². The van der Waals surface area contributed by atoms with E-state index >= 15 is 0 Å². The van der Waals surface area contributed by atoms with Gasteiger partial charge in [-0.3, -0.25) is 4.98 Å². The van der Waals surface area contributed by atoms with Crippen molar-refractivity contribution >= 4 is 9.84 Å². The molecule has 8 heteroatoms. The number of rotatable bonds is 5. The topological polar surface area (TPSA) is 112 Å². The standard InChI is InChI=1S/C12H16N4O3S/c1-8-7-14-5-3-9(8)11-15-12(19-16-11)10(13)4-6-20(2,17)18/h3,5,7,10H,4,6,13H2,1-2H3. The molecule has 0 aliphatic heterocycles. The summed E-state index contributed by atoms with van der Waals surface area (Å²) < 4.78 is 27.3. The summed E-state index contributed by atoms with van der Waals surface area (Å²) in [5.74, 6) is 0.648. The highest BCUT2D eigenvalue weighted by Gasteiger charge is 2.18. The van der Waals surface area contributed by atoms with Crippen LogP contribution in [0.5, 0.6) is 0 Å². The van der Waals surface area contributed by atoms with Gasteiger partial charge in [0.2, 0.25) is 11.7 Å². The van der Waals surface area contributed by atoms with Gasteiger partial charge in [0.25, 0.3) is 0 Å². The second-order valence-corrected chi connectivity index (χ2v) is 6.93. The highest BCUT2D eigenvalue weighted by atomic mass is 32.2. The summed E-state index contributed by atoms with van der Waals surface area (Å²) in [6, 6.07) is 1.19. The smallest absolute Gasteiger partial charge is 0.243 e. The third-order valence-electron chi connectivity index (χ3n) is 2.82. The molecule has 108 valence electrons. The van der Waals surface area contributed by atoms with Crippen molar-refractivity contribution < 1.29 is 12.9 Å². The fraction of sp³-hybridized carbons (Fsp3) is 0.417. The zero-order chi connectivity index (χ0) is 14.8. The molecule has 0 saturated heterocycles. The van der Waals surface area contributed by atoms with Gasteiger partial charge in [-0.15, -0.1) is 0 Å². The number of pyridine rings is 1. The lowest BCUT2D eigenvalue weighted by molar-refractivity contribution is 0.352. The molecule has 0 aliphatic carbocycles. The molecule has 0 radical (unpaired) electrons. The van der Waals surface area contributed by atoms with Gasteiger partial charge in [-0.2, -0.15) is 4.98 Å². The zero-order valence-corrected chi connectivity index (χ0v) is 12.1. The Morgan fingerprint density at radius 3 is 2.85 bits per heavy atom. The van der Waals surface area contributed by atoms with E-state index in [-0.39, 0.29) is 18.1 Å². The van der Waals surface area contributed by atoms with Crippen LogP contribution in [-0.4, -0.2) is 35.6 Å². The van der Waals surface area contributed by atoms with Crippen LogP contribution in [0.3, 0.4) is 0 Å². The molecule has 2 aromatic heterocycles. The van der Waals surface area contributed by atoms with Gasteiger partial charge in [-0.05, 0) is 25.0 Å². The van der Waals surface area contributed by atoms with Crippen LogP contribution < -0.4 is 5.73 Å². The molecule has 0 bridgehead atoms. The van der Waals surface area contributed by atoms with Crippen LogP contribution in [0.4, 0.5) is 0 Å². The number of hydrogen-bond acceptors (Lipinski definition) is 7. The number of hydrogen-bond donors (Lipinski definition) is 1. The van der Waals surface area contributed by atoms with Crippen molar-refractivity contribution in [2.45, 2.75) is 19.4 Å². The Morgan fingerprint density at radius 2 is 2.20 bits per heavy atom. The molecule has 0 spiro atoms. The lowest BCUT2D eigenvalue weighted by Crippen LogP contribution is -2.16. The summed E-state index contributed by atoms with van der Waals surface area (Å²) in [4.78, 5) is 8.21. The molecule has 0 saturated carbocycles. The molecule has 0 fully saturated rings. The van der Waals surface area contributed by atoms with E-state index in [9.17, 15) is 8.42 Å². The lowest BCUT2D eigenvalue weighted by Gasteiger charge is -2.04. The number of aromatic nitrogens is 3. The van der Waals surface area contributed by atoms with Gasteiger partial charge in [0.1, 0.15) is 9.84 Å². The largest absolute Gasteiger partial charge is 0.337 e. The number of aryl methyl sites for hydroxylation is 1. The minimum atomic E-state index is -3.06. The highest BCUT2D eigenvalue weighted by Crippen LogP contribution is 2.21. The molecule has 20 heavy (non-hydrogen) atoms. The normalized spacial score (nSPS) is 13.3. The summed E-state index contributed by atoms with van der Waals surface area (Å²) in [6.45, 7) is 1.89. The predicted molar refractivity (Wildman–Crippen MR) is 73.5 cm³/mol. The van der Waals surface area contributed by atoms with Crippen molar-refractivity contribution in [2.75, 3.05) is 12.0 Å². The quantitative estimate of drug-likeness (QED) is 0.871. The van der Waals surface area contributed by atoms with Crippen molar-refractivity contribution in [3.05, 3.63) is 29.9 Å². The monoisotopic (exact) mass is 296 g/mol. The van der Waals surface area contributed by atoms with Crippen LogP contribution in [-0.2, 0) is 9.84 Å². The Hall–Kier alpha value is -1.80. The van der Waals surface area contributed by atoms with E-state index in [1.807, 2.05) is 6.92 Å². The van der Waals surface area contributed by atoms with E-state index in [2.05, 4.69) is 15.1 Å². The van der Waals surface area contributed by atoms with E-state index < -0.39 is 15.9 Å². The van der Waals surface area contributed by atoms with Crippen molar-refractivity contribution in [3.63, 3.8) is 0 Å². The van der Waals surface area contributed by atoms with Gasteiger partial charge in [0.05, 0.1) is 11.8 Å². The third-order valence-corrected chi connectivity index (χ3v) is 3.80. The van der Waals surface area contributed by atoms with E-state index in [0.717, 1.165) is 11.1 Å². The van der Waals surface area contributed by atoms with Crippen LogP contribution in [0.2, 0.25) is 0 Å². The summed E-state index contributed by atoms with van der Waals surface area (Å²) in [6.07, 6.45) is 4.76. The molecule has 7 nitrogen and oxygen atoms in total. The maximum atomic E-state index is 11.1. The van der Waals surface area contributed by atoms with Gasteiger partial charge in [0.15, 0.2) is 0 Å². The van der Waals surface area contributed by atoms with Crippen LogP contribution in [0.1, 0.15) is 23.9 Å².